The molecule has 0 saturated heterocycles. The molecule has 1 rings (SSSR count). The Bertz CT molecular complexity index is 498. The first kappa shape index (κ1) is 11.9. The van der Waals surface area contributed by atoms with E-state index in [-0.39, 0.29) is 12.0 Å². The molecule has 0 unspecified atom stereocenters. The summed E-state index contributed by atoms with van der Waals surface area (Å²) in [6.07, 6.45) is 0.0873. The zero-order chi connectivity index (χ0) is 11.6. The molecule has 0 N–H and O–H groups in total. The molecule has 7 heteroatoms. The van der Waals surface area contributed by atoms with Crippen LogP contribution in [-0.4, -0.2) is 21.8 Å². The second kappa shape index (κ2) is 4.16. The van der Waals surface area contributed by atoms with Crippen molar-refractivity contribution in [2.45, 2.75) is 4.90 Å². The Kier molecular flexibility index (Phi) is 3.31. The lowest BCUT2D eigenvalue weighted by Crippen LogP contribution is -2.01. The van der Waals surface area contributed by atoms with Gasteiger partial charge in [-0.15, -0.1) is 0 Å². The Labute approximate surface area is 90.0 Å². The van der Waals surface area contributed by atoms with Crippen LogP contribution in [0.3, 0.4) is 0 Å². The number of hydrogen-bond acceptors (Lipinski definition) is 4. The number of aldehydes is 1. The van der Waals surface area contributed by atoms with E-state index in [2.05, 4.69) is 4.74 Å². The fourth-order valence-corrected chi connectivity index (χ4v) is 2.05. The van der Waals surface area contributed by atoms with Crippen LogP contribution >= 0.6 is 10.7 Å². The van der Waals surface area contributed by atoms with Gasteiger partial charge >= 0.3 is 0 Å². The third kappa shape index (κ3) is 2.45. The smallest absolute Gasteiger partial charge is 0.262 e. The van der Waals surface area contributed by atoms with Crippen molar-refractivity contribution in [3.63, 3.8) is 0 Å². The number of carbonyl (C=O) groups excluding carboxylic acids is 1. The van der Waals surface area contributed by atoms with Gasteiger partial charge in [-0.25, -0.2) is 12.8 Å². The number of hydrogen-bond donors (Lipinski definition) is 0. The number of rotatable bonds is 3. The fourth-order valence-electron chi connectivity index (χ4n) is 1.00. The van der Waals surface area contributed by atoms with Gasteiger partial charge in [0.25, 0.3) is 9.05 Å². The predicted molar refractivity (Wildman–Crippen MR) is 51.4 cm³/mol. The highest BCUT2D eigenvalue weighted by Crippen LogP contribution is 2.26. The van der Waals surface area contributed by atoms with E-state index < -0.39 is 25.3 Å². The quantitative estimate of drug-likeness (QED) is 0.605. The van der Waals surface area contributed by atoms with E-state index in [0.717, 1.165) is 12.1 Å². The maximum Gasteiger partial charge on any atom is 0.262 e. The summed E-state index contributed by atoms with van der Waals surface area (Å²) in [5, 5.41) is 0. The summed E-state index contributed by atoms with van der Waals surface area (Å²) >= 11 is 0. The largest absolute Gasteiger partial charge is 0.497 e. The Morgan fingerprint density at radius 2 is 2.07 bits per heavy atom. The highest BCUT2D eigenvalue weighted by molar-refractivity contribution is 8.13. The lowest BCUT2D eigenvalue weighted by molar-refractivity contribution is 0.111. The molecule has 0 aromatic heterocycles. The predicted octanol–water partition coefficient (Wildman–Crippen LogP) is 1.57. The van der Waals surface area contributed by atoms with Crippen molar-refractivity contribution in [1.29, 1.82) is 0 Å². The van der Waals surface area contributed by atoms with E-state index in [4.69, 9.17) is 10.7 Å². The molecule has 0 bridgehead atoms. The lowest BCUT2D eigenvalue weighted by atomic mass is 10.2. The van der Waals surface area contributed by atoms with Crippen molar-refractivity contribution in [2.75, 3.05) is 7.11 Å². The number of methoxy groups -OCH3 is 1. The molecule has 0 aliphatic carbocycles. The van der Waals surface area contributed by atoms with Gasteiger partial charge in [0.1, 0.15) is 11.6 Å². The molecule has 4 nitrogen and oxygen atoms in total. The van der Waals surface area contributed by atoms with Gasteiger partial charge in [-0.1, -0.05) is 0 Å². The second-order valence-corrected chi connectivity index (χ2v) is 5.11. The van der Waals surface area contributed by atoms with Crippen molar-refractivity contribution in [3.05, 3.63) is 23.5 Å². The van der Waals surface area contributed by atoms with E-state index in [0.29, 0.717) is 0 Å². The standard InChI is InChI=1S/C8H6ClFO4S/c1-14-5-2-7(10)6(4-11)8(3-5)15(9,12)13/h2-4H,1H3. The maximum atomic E-state index is 13.2. The van der Waals surface area contributed by atoms with E-state index >= 15 is 0 Å². The second-order valence-electron chi connectivity index (χ2n) is 2.58. The molecule has 82 valence electrons. The van der Waals surface area contributed by atoms with Crippen LogP contribution in [0.15, 0.2) is 17.0 Å². The van der Waals surface area contributed by atoms with E-state index in [1.165, 1.54) is 7.11 Å². The van der Waals surface area contributed by atoms with Gasteiger partial charge in [-0.3, -0.25) is 4.79 Å². The van der Waals surface area contributed by atoms with E-state index in [9.17, 15) is 17.6 Å². The average molecular weight is 253 g/mol. The number of halogens is 2. The van der Waals surface area contributed by atoms with Crippen LogP contribution in [0.1, 0.15) is 10.4 Å². The lowest BCUT2D eigenvalue weighted by Gasteiger charge is -2.05. The Balaban J connectivity index is 3.60. The Morgan fingerprint density at radius 1 is 1.47 bits per heavy atom. The molecule has 0 spiro atoms. The minimum atomic E-state index is -4.18. The highest BCUT2D eigenvalue weighted by atomic mass is 35.7. The molecule has 0 heterocycles. The number of carbonyl (C=O) groups is 1. The van der Waals surface area contributed by atoms with Gasteiger partial charge < -0.3 is 4.74 Å². The van der Waals surface area contributed by atoms with Crippen molar-refractivity contribution in [2.24, 2.45) is 0 Å². The van der Waals surface area contributed by atoms with Crippen molar-refractivity contribution < 1.29 is 22.3 Å². The Morgan fingerprint density at radius 3 is 2.47 bits per heavy atom. The first-order valence-electron chi connectivity index (χ1n) is 3.67. The molecule has 15 heavy (non-hydrogen) atoms. The van der Waals surface area contributed by atoms with Crippen molar-refractivity contribution in [1.82, 2.24) is 0 Å². The third-order valence-electron chi connectivity index (χ3n) is 1.68. The molecule has 0 atom stereocenters. The molecular formula is C8H6ClFO4S. The van der Waals surface area contributed by atoms with Crippen molar-refractivity contribution >= 4 is 26.0 Å². The number of benzene rings is 1. The van der Waals surface area contributed by atoms with Crippen LogP contribution in [0.2, 0.25) is 0 Å². The SMILES string of the molecule is COc1cc(F)c(C=O)c(S(=O)(=O)Cl)c1. The molecule has 0 radical (unpaired) electrons. The van der Waals surface area contributed by atoms with Crippen LogP contribution in [0.25, 0.3) is 0 Å². The van der Waals surface area contributed by atoms with E-state index in [1.54, 1.807) is 0 Å². The first-order chi connectivity index (χ1) is 6.90. The Hall–Kier alpha value is -1.14. The molecule has 1 aromatic rings. The van der Waals surface area contributed by atoms with Gasteiger partial charge in [0.2, 0.25) is 0 Å². The minimum absolute atomic E-state index is 0.0303. The summed E-state index contributed by atoms with van der Waals surface area (Å²) in [7, 11) is 2.09. The fraction of sp³-hybridized carbons (Fsp3) is 0.125. The third-order valence-corrected chi connectivity index (χ3v) is 3.04. The van der Waals surface area contributed by atoms with Crippen LogP contribution in [0, 0.1) is 5.82 Å². The molecule has 1 aromatic carbocycles. The summed E-state index contributed by atoms with van der Waals surface area (Å²) in [4.78, 5) is 9.89. The summed E-state index contributed by atoms with van der Waals surface area (Å²) < 4.78 is 39.9. The molecule has 0 fully saturated rings. The van der Waals surface area contributed by atoms with Crippen LogP contribution < -0.4 is 4.74 Å². The highest BCUT2D eigenvalue weighted by Gasteiger charge is 2.20. The molecule has 0 aliphatic heterocycles. The molecular weight excluding hydrogens is 247 g/mol. The normalized spacial score (nSPS) is 11.1. The van der Waals surface area contributed by atoms with Gasteiger partial charge in [-0.05, 0) is 0 Å². The molecule has 0 amide bonds. The van der Waals surface area contributed by atoms with Gasteiger partial charge in [0, 0.05) is 22.8 Å². The average Bonchev–Trinajstić information content (AvgIpc) is 2.15. The maximum absolute atomic E-state index is 13.2. The monoisotopic (exact) mass is 252 g/mol. The topological polar surface area (TPSA) is 60.4 Å². The molecule has 0 aliphatic rings. The van der Waals surface area contributed by atoms with Crippen molar-refractivity contribution in [3.8, 4) is 5.75 Å². The number of ether oxygens (including phenoxy) is 1. The first-order valence-corrected chi connectivity index (χ1v) is 5.98. The summed E-state index contributed by atoms with van der Waals surface area (Å²) in [6, 6.07) is 1.88. The van der Waals surface area contributed by atoms with Gasteiger partial charge in [-0.2, -0.15) is 0 Å². The van der Waals surface area contributed by atoms with Gasteiger partial charge in [0.05, 0.1) is 17.6 Å². The van der Waals surface area contributed by atoms with Crippen LogP contribution in [0.4, 0.5) is 4.39 Å². The van der Waals surface area contributed by atoms with Crippen LogP contribution in [-0.2, 0) is 9.05 Å². The van der Waals surface area contributed by atoms with E-state index in [1.807, 2.05) is 0 Å². The summed E-state index contributed by atoms with van der Waals surface area (Å²) in [5.74, 6) is -1.03. The van der Waals surface area contributed by atoms with Crippen LogP contribution in [0.5, 0.6) is 5.75 Å². The summed E-state index contributed by atoms with van der Waals surface area (Å²) in [5.41, 5.74) is -0.606. The zero-order valence-electron chi connectivity index (χ0n) is 7.53. The zero-order valence-corrected chi connectivity index (χ0v) is 9.10. The minimum Gasteiger partial charge on any atom is -0.497 e. The molecule has 0 saturated carbocycles. The van der Waals surface area contributed by atoms with Gasteiger partial charge in [0.15, 0.2) is 6.29 Å². The summed E-state index contributed by atoms with van der Waals surface area (Å²) in [6.45, 7) is 0.